The molecule has 2 aromatic rings. The first-order chi connectivity index (χ1) is 9.56. The van der Waals surface area contributed by atoms with E-state index in [-0.39, 0.29) is 23.7 Å². The zero-order valence-corrected chi connectivity index (χ0v) is 10.8. The molecule has 5 nitrogen and oxygen atoms in total. The van der Waals surface area contributed by atoms with Gasteiger partial charge >= 0.3 is 5.97 Å². The maximum Gasteiger partial charge on any atom is 0.354 e. The zero-order valence-electron chi connectivity index (χ0n) is 10.8. The van der Waals surface area contributed by atoms with E-state index in [0.29, 0.717) is 17.7 Å². The van der Waals surface area contributed by atoms with Crippen molar-refractivity contribution in [2.24, 2.45) is 0 Å². The standard InChI is InChI=1S/C14H13FN2O3/c1-8-4-11(17-7-16-6-12(17)14(18)19)10-5-9(15)2-3-13(10)20-8/h2-3,5-8,11H,4H2,1H3,(H,18,19)/t8-,11-/m0/s1. The maximum atomic E-state index is 13.5. The first kappa shape index (κ1) is 12.7. The third-order valence-electron chi connectivity index (χ3n) is 3.44. The second-order valence-corrected chi connectivity index (χ2v) is 4.85. The van der Waals surface area contributed by atoms with Crippen molar-refractivity contribution in [3.8, 4) is 5.75 Å². The summed E-state index contributed by atoms with van der Waals surface area (Å²) in [6.07, 6.45) is 3.23. The highest BCUT2D eigenvalue weighted by molar-refractivity contribution is 5.85. The molecule has 0 amide bonds. The van der Waals surface area contributed by atoms with Gasteiger partial charge in [0, 0.05) is 12.0 Å². The number of fused-ring (bicyclic) bond motifs is 1. The van der Waals surface area contributed by atoms with Crippen LogP contribution in [0.2, 0.25) is 0 Å². The summed E-state index contributed by atoms with van der Waals surface area (Å²) in [7, 11) is 0. The van der Waals surface area contributed by atoms with E-state index in [1.54, 1.807) is 10.6 Å². The second-order valence-electron chi connectivity index (χ2n) is 4.85. The fourth-order valence-electron chi connectivity index (χ4n) is 2.58. The minimum atomic E-state index is -1.06. The third-order valence-corrected chi connectivity index (χ3v) is 3.44. The number of benzene rings is 1. The molecule has 0 spiro atoms. The lowest BCUT2D eigenvalue weighted by atomic mass is 9.96. The van der Waals surface area contributed by atoms with Crippen molar-refractivity contribution in [2.75, 3.05) is 0 Å². The lowest BCUT2D eigenvalue weighted by Crippen LogP contribution is -2.28. The molecule has 0 fully saturated rings. The number of hydrogen-bond donors (Lipinski definition) is 1. The van der Waals surface area contributed by atoms with E-state index in [4.69, 9.17) is 4.74 Å². The highest BCUT2D eigenvalue weighted by Crippen LogP contribution is 2.38. The Morgan fingerprint density at radius 2 is 2.35 bits per heavy atom. The molecule has 6 heteroatoms. The zero-order chi connectivity index (χ0) is 14.3. The normalized spacial score (nSPS) is 21.1. The van der Waals surface area contributed by atoms with Crippen molar-refractivity contribution in [1.82, 2.24) is 9.55 Å². The van der Waals surface area contributed by atoms with Gasteiger partial charge in [-0.25, -0.2) is 14.2 Å². The molecular weight excluding hydrogens is 263 g/mol. The van der Waals surface area contributed by atoms with E-state index in [0.717, 1.165) is 0 Å². The molecule has 1 N–H and O–H groups in total. The molecule has 104 valence electrons. The van der Waals surface area contributed by atoms with Gasteiger partial charge in [-0.3, -0.25) is 0 Å². The molecule has 20 heavy (non-hydrogen) atoms. The number of carbonyl (C=O) groups is 1. The smallest absolute Gasteiger partial charge is 0.354 e. The van der Waals surface area contributed by atoms with Crippen LogP contribution in [0, 0.1) is 5.82 Å². The van der Waals surface area contributed by atoms with E-state index in [1.807, 2.05) is 6.92 Å². The molecule has 1 aromatic heterocycles. The first-order valence-corrected chi connectivity index (χ1v) is 6.27. The van der Waals surface area contributed by atoms with E-state index in [1.165, 1.54) is 24.7 Å². The topological polar surface area (TPSA) is 64.4 Å². The maximum absolute atomic E-state index is 13.5. The van der Waals surface area contributed by atoms with Gasteiger partial charge in [0.05, 0.1) is 24.7 Å². The summed E-state index contributed by atoms with van der Waals surface area (Å²) in [5.41, 5.74) is 0.725. The lowest BCUT2D eigenvalue weighted by molar-refractivity contribution is 0.0679. The molecule has 2 atom stereocenters. The van der Waals surface area contributed by atoms with Gasteiger partial charge in [-0.1, -0.05) is 0 Å². The summed E-state index contributed by atoms with van der Waals surface area (Å²) in [5, 5.41) is 9.19. The summed E-state index contributed by atoms with van der Waals surface area (Å²) in [6, 6.07) is 4.00. The van der Waals surface area contributed by atoms with Crippen LogP contribution in [0.1, 0.15) is 35.4 Å². The number of halogens is 1. The predicted octanol–water partition coefficient (Wildman–Crippen LogP) is 2.48. The monoisotopic (exact) mass is 276 g/mol. The average Bonchev–Trinajstić information content (AvgIpc) is 2.87. The number of hydrogen-bond acceptors (Lipinski definition) is 3. The molecule has 2 heterocycles. The molecule has 1 aromatic carbocycles. The summed E-state index contributed by atoms with van der Waals surface area (Å²) in [4.78, 5) is 15.1. The number of aromatic nitrogens is 2. The van der Waals surface area contributed by atoms with Gasteiger partial charge < -0.3 is 14.4 Å². The number of aromatic carboxylic acids is 1. The van der Waals surface area contributed by atoms with Crippen molar-refractivity contribution in [3.05, 3.63) is 47.8 Å². The SMILES string of the molecule is C[C@H]1C[C@H](n2cncc2C(=O)O)c2cc(F)ccc2O1. The number of rotatable bonds is 2. The Hall–Kier alpha value is -2.37. The number of carboxylic acids is 1. The summed E-state index contributed by atoms with van der Waals surface area (Å²) >= 11 is 0. The van der Waals surface area contributed by atoms with Gasteiger partial charge in [-0.05, 0) is 25.1 Å². The van der Waals surface area contributed by atoms with Crippen molar-refractivity contribution >= 4 is 5.97 Å². The van der Waals surface area contributed by atoms with Crippen LogP contribution in [0.15, 0.2) is 30.7 Å². The fourth-order valence-corrected chi connectivity index (χ4v) is 2.58. The van der Waals surface area contributed by atoms with E-state index in [9.17, 15) is 14.3 Å². The van der Waals surface area contributed by atoms with Crippen LogP contribution in [0.25, 0.3) is 0 Å². The van der Waals surface area contributed by atoms with Gasteiger partial charge in [-0.15, -0.1) is 0 Å². The third kappa shape index (κ3) is 2.03. The minimum absolute atomic E-state index is 0.0815. The van der Waals surface area contributed by atoms with Crippen LogP contribution in [0.3, 0.4) is 0 Å². The van der Waals surface area contributed by atoms with E-state index in [2.05, 4.69) is 4.98 Å². The van der Waals surface area contributed by atoms with Crippen LogP contribution in [-0.2, 0) is 0 Å². The Balaban J connectivity index is 2.12. The Bertz CT molecular complexity index is 668. The summed E-state index contributed by atoms with van der Waals surface area (Å²) in [6.45, 7) is 1.90. The van der Waals surface area contributed by atoms with Gasteiger partial charge in [0.1, 0.15) is 17.3 Å². The Labute approximate surface area is 114 Å². The molecule has 1 aliphatic rings. The Kier molecular flexibility index (Phi) is 2.93. The molecule has 0 radical (unpaired) electrons. The van der Waals surface area contributed by atoms with Crippen LogP contribution in [-0.4, -0.2) is 26.7 Å². The van der Waals surface area contributed by atoms with Crippen LogP contribution in [0.5, 0.6) is 5.75 Å². The lowest BCUT2D eigenvalue weighted by Gasteiger charge is -2.31. The molecule has 3 rings (SSSR count). The van der Waals surface area contributed by atoms with Crippen LogP contribution < -0.4 is 4.74 Å². The number of imidazole rings is 1. The van der Waals surface area contributed by atoms with Crippen molar-refractivity contribution in [3.63, 3.8) is 0 Å². The van der Waals surface area contributed by atoms with Gasteiger partial charge in [0.2, 0.25) is 0 Å². The van der Waals surface area contributed by atoms with Crippen molar-refractivity contribution < 1.29 is 19.0 Å². The van der Waals surface area contributed by atoms with Gasteiger partial charge in [-0.2, -0.15) is 0 Å². The van der Waals surface area contributed by atoms with Gasteiger partial charge in [0.25, 0.3) is 0 Å². The molecule has 0 saturated carbocycles. The van der Waals surface area contributed by atoms with E-state index >= 15 is 0 Å². The summed E-state index contributed by atoms with van der Waals surface area (Å²) in [5.74, 6) is -0.844. The van der Waals surface area contributed by atoms with Crippen LogP contribution >= 0.6 is 0 Å². The number of nitrogens with zero attached hydrogens (tertiary/aromatic N) is 2. The Morgan fingerprint density at radius 1 is 1.55 bits per heavy atom. The fraction of sp³-hybridized carbons (Fsp3) is 0.286. The number of carboxylic acid groups (broad SMARTS) is 1. The molecule has 0 aliphatic carbocycles. The minimum Gasteiger partial charge on any atom is -0.490 e. The van der Waals surface area contributed by atoms with Crippen LogP contribution in [0.4, 0.5) is 4.39 Å². The van der Waals surface area contributed by atoms with E-state index < -0.39 is 5.97 Å². The number of ether oxygens (including phenoxy) is 1. The van der Waals surface area contributed by atoms with Crippen molar-refractivity contribution in [2.45, 2.75) is 25.5 Å². The largest absolute Gasteiger partial charge is 0.490 e. The quantitative estimate of drug-likeness (QED) is 0.915. The molecule has 0 unspecified atom stereocenters. The Morgan fingerprint density at radius 3 is 3.10 bits per heavy atom. The molecule has 0 saturated heterocycles. The molecular formula is C14H13FN2O3. The average molecular weight is 276 g/mol. The highest BCUT2D eigenvalue weighted by Gasteiger charge is 2.29. The highest BCUT2D eigenvalue weighted by atomic mass is 19.1. The van der Waals surface area contributed by atoms with Crippen molar-refractivity contribution in [1.29, 1.82) is 0 Å². The van der Waals surface area contributed by atoms with Gasteiger partial charge in [0.15, 0.2) is 0 Å². The second kappa shape index (κ2) is 4.63. The molecule has 1 aliphatic heterocycles. The summed E-state index contributed by atoms with van der Waals surface area (Å²) < 4.78 is 20.7. The predicted molar refractivity (Wildman–Crippen MR) is 68.4 cm³/mol. The molecule has 0 bridgehead atoms. The first-order valence-electron chi connectivity index (χ1n) is 6.27.